The van der Waals surface area contributed by atoms with Crippen molar-refractivity contribution < 1.29 is 42.1 Å². The first-order valence-electron chi connectivity index (χ1n) is 7.83. The van der Waals surface area contributed by atoms with Gasteiger partial charge in [-0.1, -0.05) is 36.4 Å². The fourth-order valence-electron chi connectivity index (χ4n) is 2.83. The third-order valence-electron chi connectivity index (χ3n) is 4.12. The summed E-state index contributed by atoms with van der Waals surface area (Å²) in [6.07, 6.45) is 6.36. The number of nitrogens with zero attached hydrogens (tertiary/aromatic N) is 2. The molecule has 0 atom stereocenters. The maximum atomic E-state index is 12.4. The summed E-state index contributed by atoms with van der Waals surface area (Å²) < 4.78 is 3.95. The fraction of sp³-hybridized carbons (Fsp3) is 0.200. The second-order valence-electron chi connectivity index (χ2n) is 5.91. The number of ketones is 1. The van der Waals surface area contributed by atoms with Gasteiger partial charge in [-0.3, -0.25) is 4.79 Å². The summed E-state index contributed by atoms with van der Waals surface area (Å²) in [6.45, 7) is 4.52. The van der Waals surface area contributed by atoms with Gasteiger partial charge in [0.1, 0.15) is 24.6 Å². The number of para-hydroxylation sites is 1. The third kappa shape index (κ3) is 4.49. The van der Waals surface area contributed by atoms with Crippen LogP contribution in [0.3, 0.4) is 0 Å². The van der Waals surface area contributed by atoms with Crippen molar-refractivity contribution in [2.75, 3.05) is 0 Å². The topological polar surface area (TPSA) is 25.9 Å². The summed E-state index contributed by atoms with van der Waals surface area (Å²) in [7, 11) is 0. The van der Waals surface area contributed by atoms with E-state index < -0.39 is 0 Å². The number of aromatic nitrogens is 2. The monoisotopic (exact) mass is 394 g/mol. The van der Waals surface area contributed by atoms with Gasteiger partial charge in [0.2, 0.25) is 6.33 Å². The zero-order valence-corrected chi connectivity index (χ0v) is 17.0. The molecule has 0 saturated carbocycles. The van der Waals surface area contributed by atoms with Gasteiger partial charge < -0.3 is 0 Å². The van der Waals surface area contributed by atoms with E-state index in [0.29, 0.717) is 13.0 Å². The molecule has 1 heterocycles. The van der Waals surface area contributed by atoms with Crippen LogP contribution in [0.4, 0.5) is 0 Å². The van der Waals surface area contributed by atoms with E-state index in [1.807, 2.05) is 64.3 Å². The Hall–Kier alpha value is -1.58. The zero-order chi connectivity index (χ0) is 16.2. The molecule has 3 nitrogen and oxygen atoms in total. The predicted octanol–water partition coefficient (Wildman–Crippen LogP) is 3.19. The van der Waals surface area contributed by atoms with E-state index in [1.165, 1.54) is 11.1 Å². The van der Waals surface area contributed by atoms with E-state index in [9.17, 15) is 4.79 Å². The number of imidazole rings is 1. The second-order valence-corrected chi connectivity index (χ2v) is 5.91. The minimum atomic E-state index is 0. The number of hydrogen-bond donors (Lipinski definition) is 0. The van der Waals surface area contributed by atoms with Gasteiger partial charge >= 0.3 is 0 Å². The van der Waals surface area contributed by atoms with Gasteiger partial charge in [0.15, 0.2) is 5.78 Å². The van der Waals surface area contributed by atoms with Gasteiger partial charge in [0.25, 0.3) is 0 Å². The van der Waals surface area contributed by atoms with Crippen LogP contribution in [0.2, 0.25) is 0 Å². The molecule has 1 aromatic heterocycles. The summed E-state index contributed by atoms with van der Waals surface area (Å²) in [4.78, 5) is 12.4. The molecule has 2 aromatic carbocycles. The van der Waals surface area contributed by atoms with Crippen molar-refractivity contribution in [3.05, 3.63) is 83.9 Å². The molecule has 0 saturated heterocycles. The zero-order valence-electron chi connectivity index (χ0n) is 14.1. The van der Waals surface area contributed by atoms with Crippen molar-refractivity contribution in [3.8, 4) is 5.69 Å². The quantitative estimate of drug-likeness (QED) is 0.611. The van der Waals surface area contributed by atoms with Crippen LogP contribution in [-0.4, -0.2) is 10.4 Å². The Kier molecular flexibility index (Phi) is 6.64. The third-order valence-corrected chi connectivity index (χ3v) is 4.12. The number of carbonyl (C=O) groups excluding carboxylic acids is 1. The first kappa shape index (κ1) is 18.8. The number of rotatable bonds is 5. The average Bonchev–Trinajstić information content (AvgIpc) is 3.00. The molecule has 0 amide bonds. The number of aryl methyl sites for hydroxylation is 2. The largest absolute Gasteiger partial charge is 0.295 e. The number of carbonyl (C=O) groups is 1. The molecular formula is C20H21N2OY+. The molecule has 0 spiro atoms. The predicted molar refractivity (Wildman–Crippen MR) is 90.6 cm³/mol. The van der Waals surface area contributed by atoms with Gasteiger partial charge in [-0.25, -0.2) is 9.13 Å². The van der Waals surface area contributed by atoms with E-state index >= 15 is 0 Å². The van der Waals surface area contributed by atoms with Crippen LogP contribution in [0.5, 0.6) is 0 Å². The standard InChI is InChI=1S/C20H21N2O.Y/c1-16-7-6-8-17(2)20(16)13-19(23)14-21-11-12-22(15-21)18-9-4-3-5-10-18;/h3-12,15H,13-14H2,1-2H3;/q+1;. The first-order chi connectivity index (χ1) is 11.1. The van der Waals surface area contributed by atoms with E-state index in [0.717, 1.165) is 11.3 Å². The van der Waals surface area contributed by atoms with E-state index in [4.69, 9.17) is 0 Å². The Balaban J connectivity index is 0.00000208. The smallest absolute Gasteiger partial charge is 0.249 e. The minimum Gasteiger partial charge on any atom is -0.295 e. The molecule has 0 aliphatic rings. The van der Waals surface area contributed by atoms with Gasteiger partial charge in [-0.2, -0.15) is 0 Å². The van der Waals surface area contributed by atoms with Gasteiger partial charge in [0.05, 0.1) is 0 Å². The van der Waals surface area contributed by atoms with Crippen LogP contribution in [0.1, 0.15) is 16.7 Å². The van der Waals surface area contributed by atoms with Crippen LogP contribution in [0.15, 0.2) is 67.3 Å². The van der Waals surface area contributed by atoms with Crippen LogP contribution < -0.4 is 4.57 Å². The van der Waals surface area contributed by atoms with Crippen molar-refractivity contribution in [2.45, 2.75) is 26.8 Å². The molecular weight excluding hydrogens is 373 g/mol. The molecule has 0 bridgehead atoms. The molecule has 24 heavy (non-hydrogen) atoms. The molecule has 0 fully saturated rings. The molecule has 3 aromatic rings. The summed E-state index contributed by atoms with van der Waals surface area (Å²) >= 11 is 0. The SMILES string of the molecule is Cc1cccc(C)c1CC(=O)C[n+]1ccn(-c2ccccc2)c1.[Y]. The minimum absolute atomic E-state index is 0. The Labute approximate surface area is 168 Å². The van der Waals surface area contributed by atoms with Crippen LogP contribution in [0, 0.1) is 13.8 Å². The fourth-order valence-corrected chi connectivity index (χ4v) is 2.83. The molecule has 3 rings (SSSR count). The van der Waals surface area contributed by atoms with Crippen molar-refractivity contribution in [1.82, 2.24) is 4.57 Å². The van der Waals surface area contributed by atoms with Crippen LogP contribution in [-0.2, 0) is 50.5 Å². The summed E-state index contributed by atoms with van der Waals surface area (Å²) in [5.41, 5.74) is 4.62. The Bertz CT molecular complexity index is 804. The van der Waals surface area contributed by atoms with Crippen molar-refractivity contribution >= 4 is 5.78 Å². The number of benzene rings is 2. The van der Waals surface area contributed by atoms with Gasteiger partial charge in [-0.15, -0.1) is 0 Å². The summed E-state index contributed by atoms with van der Waals surface area (Å²) in [5.74, 6) is 0.221. The van der Waals surface area contributed by atoms with Gasteiger partial charge in [-0.05, 0) is 42.7 Å². The van der Waals surface area contributed by atoms with Crippen LogP contribution >= 0.6 is 0 Å². The second kappa shape index (κ2) is 8.50. The van der Waals surface area contributed by atoms with E-state index in [-0.39, 0.29) is 38.5 Å². The maximum Gasteiger partial charge on any atom is 0.249 e. The molecule has 0 aliphatic carbocycles. The summed E-state index contributed by atoms with van der Waals surface area (Å²) in [6, 6.07) is 16.3. The molecule has 4 heteroatoms. The van der Waals surface area contributed by atoms with E-state index in [2.05, 4.69) is 26.0 Å². The Morgan fingerprint density at radius 1 is 1.00 bits per heavy atom. The van der Waals surface area contributed by atoms with Crippen LogP contribution in [0.25, 0.3) is 5.69 Å². The Morgan fingerprint density at radius 3 is 2.33 bits per heavy atom. The van der Waals surface area contributed by atoms with E-state index in [1.54, 1.807) is 0 Å². The maximum absolute atomic E-state index is 12.4. The Morgan fingerprint density at radius 2 is 1.67 bits per heavy atom. The molecule has 0 unspecified atom stereocenters. The molecule has 1 radical (unpaired) electrons. The molecule has 0 N–H and O–H groups in total. The molecule has 0 aliphatic heterocycles. The number of hydrogen-bond acceptors (Lipinski definition) is 1. The van der Waals surface area contributed by atoms with Crippen molar-refractivity contribution in [1.29, 1.82) is 0 Å². The van der Waals surface area contributed by atoms with Crippen molar-refractivity contribution in [3.63, 3.8) is 0 Å². The molecule has 119 valence electrons. The normalized spacial score (nSPS) is 10.2. The first-order valence-corrected chi connectivity index (χ1v) is 7.83. The number of Topliss-reactive ketones (excluding diaryl/α,β-unsaturated/α-hetero) is 1. The summed E-state index contributed by atoms with van der Waals surface area (Å²) in [5, 5.41) is 0. The van der Waals surface area contributed by atoms with Crippen molar-refractivity contribution in [2.24, 2.45) is 0 Å². The van der Waals surface area contributed by atoms with Gasteiger partial charge in [0, 0.05) is 39.1 Å². The average molecular weight is 394 g/mol.